The Balaban J connectivity index is 3.20. The molecular formula is C10H11BrO2S. The van der Waals surface area contributed by atoms with Crippen molar-refractivity contribution in [3.63, 3.8) is 0 Å². The Morgan fingerprint density at radius 1 is 1.64 bits per heavy atom. The summed E-state index contributed by atoms with van der Waals surface area (Å²) in [4.78, 5) is 11.5. The van der Waals surface area contributed by atoms with Crippen molar-refractivity contribution in [3.05, 3.63) is 29.3 Å². The van der Waals surface area contributed by atoms with Crippen molar-refractivity contribution in [1.29, 1.82) is 0 Å². The molecule has 1 aromatic carbocycles. The molecule has 0 heterocycles. The van der Waals surface area contributed by atoms with E-state index in [1.165, 1.54) is 6.92 Å². The SMILES string of the molecule is CC(=O)C(Br)c1cccc(S)c1CO. The zero-order chi connectivity index (χ0) is 10.7. The molecule has 0 aliphatic heterocycles. The average molecular weight is 275 g/mol. The molecule has 0 bridgehead atoms. The van der Waals surface area contributed by atoms with Gasteiger partial charge in [-0.3, -0.25) is 4.79 Å². The van der Waals surface area contributed by atoms with Crippen LogP contribution in [-0.2, 0) is 11.4 Å². The number of ketones is 1. The number of hydrogen-bond donors (Lipinski definition) is 2. The van der Waals surface area contributed by atoms with Crippen LogP contribution in [0.3, 0.4) is 0 Å². The van der Waals surface area contributed by atoms with Crippen molar-refractivity contribution < 1.29 is 9.90 Å². The third kappa shape index (κ3) is 2.38. The summed E-state index contributed by atoms with van der Waals surface area (Å²) < 4.78 is 0. The van der Waals surface area contributed by atoms with Crippen molar-refractivity contribution in [3.8, 4) is 0 Å². The van der Waals surface area contributed by atoms with Crippen LogP contribution in [0.1, 0.15) is 22.9 Å². The fourth-order valence-corrected chi connectivity index (χ4v) is 1.94. The molecule has 0 aliphatic rings. The lowest BCUT2D eigenvalue weighted by molar-refractivity contribution is -0.116. The molecule has 76 valence electrons. The Bertz CT molecular complexity index is 352. The molecule has 1 unspecified atom stereocenters. The monoisotopic (exact) mass is 274 g/mol. The summed E-state index contributed by atoms with van der Waals surface area (Å²) in [6.07, 6.45) is 0. The Hall–Kier alpha value is -0.320. The van der Waals surface area contributed by atoms with Gasteiger partial charge in [0.1, 0.15) is 5.78 Å². The van der Waals surface area contributed by atoms with E-state index in [0.29, 0.717) is 10.5 Å². The number of thiol groups is 1. The van der Waals surface area contributed by atoms with E-state index in [9.17, 15) is 4.79 Å². The minimum atomic E-state index is -0.364. The van der Waals surface area contributed by atoms with E-state index in [4.69, 9.17) is 5.11 Å². The van der Waals surface area contributed by atoms with Crippen LogP contribution in [0.4, 0.5) is 0 Å². The number of carbonyl (C=O) groups is 1. The van der Waals surface area contributed by atoms with E-state index in [1.807, 2.05) is 12.1 Å². The molecule has 0 amide bonds. The van der Waals surface area contributed by atoms with Crippen LogP contribution >= 0.6 is 28.6 Å². The van der Waals surface area contributed by atoms with Crippen LogP contribution < -0.4 is 0 Å². The maximum absolute atomic E-state index is 11.2. The fraction of sp³-hybridized carbons (Fsp3) is 0.300. The molecular weight excluding hydrogens is 264 g/mol. The lowest BCUT2D eigenvalue weighted by atomic mass is 10.0. The highest BCUT2D eigenvalue weighted by molar-refractivity contribution is 9.09. The molecule has 0 spiro atoms. The molecule has 4 heteroatoms. The van der Waals surface area contributed by atoms with Crippen molar-refractivity contribution in [2.75, 3.05) is 0 Å². The number of carbonyl (C=O) groups excluding carboxylic acids is 1. The van der Waals surface area contributed by atoms with Gasteiger partial charge >= 0.3 is 0 Å². The summed E-state index contributed by atoms with van der Waals surface area (Å²) in [6.45, 7) is 1.40. The van der Waals surface area contributed by atoms with Crippen LogP contribution in [0.5, 0.6) is 0 Å². The average Bonchev–Trinajstić information content (AvgIpc) is 2.16. The number of benzene rings is 1. The van der Waals surface area contributed by atoms with Crippen molar-refractivity contribution in [1.82, 2.24) is 0 Å². The second kappa shape index (κ2) is 4.96. The predicted molar refractivity (Wildman–Crippen MR) is 62.0 cm³/mol. The molecule has 0 saturated heterocycles. The Labute approximate surface area is 96.9 Å². The van der Waals surface area contributed by atoms with E-state index >= 15 is 0 Å². The van der Waals surface area contributed by atoms with Gasteiger partial charge in [0.25, 0.3) is 0 Å². The maximum atomic E-state index is 11.2. The van der Waals surface area contributed by atoms with Gasteiger partial charge in [-0.2, -0.15) is 0 Å². The summed E-state index contributed by atoms with van der Waals surface area (Å²) in [5.74, 6) is 0.0126. The van der Waals surface area contributed by atoms with Crippen molar-refractivity contribution >= 4 is 34.3 Å². The summed E-state index contributed by atoms with van der Waals surface area (Å²) >= 11 is 7.50. The molecule has 1 aromatic rings. The van der Waals surface area contributed by atoms with Gasteiger partial charge in [0.05, 0.1) is 11.4 Å². The molecule has 0 saturated carbocycles. The van der Waals surface area contributed by atoms with Gasteiger partial charge < -0.3 is 5.11 Å². The fourth-order valence-electron chi connectivity index (χ4n) is 1.22. The first kappa shape index (κ1) is 11.8. The van der Waals surface area contributed by atoms with Gasteiger partial charge in [-0.15, -0.1) is 12.6 Å². The standard InChI is InChI=1S/C10H11BrO2S/c1-6(13)10(11)7-3-2-4-9(14)8(7)5-12/h2-4,10,12,14H,5H2,1H3. The van der Waals surface area contributed by atoms with E-state index in [1.54, 1.807) is 6.07 Å². The third-order valence-electron chi connectivity index (χ3n) is 1.98. The van der Waals surface area contributed by atoms with Gasteiger partial charge in [0.15, 0.2) is 0 Å². The number of aliphatic hydroxyl groups is 1. The van der Waals surface area contributed by atoms with Crippen LogP contribution in [0.25, 0.3) is 0 Å². The first-order chi connectivity index (χ1) is 6.57. The summed E-state index contributed by atoms with van der Waals surface area (Å²) in [5, 5.41) is 9.15. The lowest BCUT2D eigenvalue weighted by Crippen LogP contribution is -2.05. The van der Waals surface area contributed by atoms with Crippen LogP contribution in [-0.4, -0.2) is 10.9 Å². The first-order valence-corrected chi connectivity index (χ1v) is 5.50. The Morgan fingerprint density at radius 3 is 2.79 bits per heavy atom. The topological polar surface area (TPSA) is 37.3 Å². The molecule has 2 nitrogen and oxygen atoms in total. The molecule has 14 heavy (non-hydrogen) atoms. The minimum Gasteiger partial charge on any atom is -0.392 e. The van der Waals surface area contributed by atoms with E-state index in [0.717, 1.165) is 5.56 Å². The highest BCUT2D eigenvalue weighted by Crippen LogP contribution is 2.30. The van der Waals surface area contributed by atoms with E-state index in [-0.39, 0.29) is 17.2 Å². The number of hydrogen-bond acceptors (Lipinski definition) is 3. The zero-order valence-electron chi connectivity index (χ0n) is 7.70. The largest absolute Gasteiger partial charge is 0.392 e. The molecule has 1 rings (SSSR count). The maximum Gasteiger partial charge on any atom is 0.147 e. The Kier molecular flexibility index (Phi) is 4.16. The van der Waals surface area contributed by atoms with Crippen LogP contribution in [0.15, 0.2) is 23.1 Å². The highest BCUT2D eigenvalue weighted by atomic mass is 79.9. The number of Topliss-reactive ketones (excluding diaryl/α,β-unsaturated/α-hetero) is 1. The second-order valence-electron chi connectivity index (χ2n) is 2.98. The zero-order valence-corrected chi connectivity index (χ0v) is 10.2. The van der Waals surface area contributed by atoms with E-state index in [2.05, 4.69) is 28.6 Å². The predicted octanol–water partition coefficient (Wildman–Crippen LogP) is 2.49. The van der Waals surface area contributed by atoms with Gasteiger partial charge in [0.2, 0.25) is 0 Å². The van der Waals surface area contributed by atoms with Crippen LogP contribution in [0.2, 0.25) is 0 Å². The molecule has 0 aromatic heterocycles. The summed E-state index contributed by atoms with van der Waals surface area (Å²) in [6, 6.07) is 5.41. The minimum absolute atomic E-state index is 0.0126. The lowest BCUT2D eigenvalue weighted by Gasteiger charge is -2.12. The molecule has 1 atom stereocenters. The highest BCUT2D eigenvalue weighted by Gasteiger charge is 2.17. The van der Waals surface area contributed by atoms with Gasteiger partial charge in [-0.1, -0.05) is 28.1 Å². The number of alkyl halides is 1. The first-order valence-electron chi connectivity index (χ1n) is 4.14. The number of halogens is 1. The molecule has 0 radical (unpaired) electrons. The second-order valence-corrected chi connectivity index (χ2v) is 4.37. The number of rotatable bonds is 3. The van der Waals surface area contributed by atoms with Crippen molar-refractivity contribution in [2.45, 2.75) is 23.3 Å². The molecule has 1 N–H and O–H groups in total. The van der Waals surface area contributed by atoms with Gasteiger partial charge in [-0.25, -0.2) is 0 Å². The normalized spacial score (nSPS) is 12.6. The quantitative estimate of drug-likeness (QED) is 0.657. The third-order valence-corrected chi connectivity index (χ3v) is 3.53. The molecule has 0 fully saturated rings. The Morgan fingerprint density at radius 2 is 2.29 bits per heavy atom. The smallest absolute Gasteiger partial charge is 0.147 e. The molecule has 0 aliphatic carbocycles. The van der Waals surface area contributed by atoms with Gasteiger partial charge in [-0.05, 0) is 24.1 Å². The van der Waals surface area contributed by atoms with Gasteiger partial charge in [0, 0.05) is 4.90 Å². The van der Waals surface area contributed by atoms with Crippen LogP contribution in [0, 0.1) is 0 Å². The number of aliphatic hydroxyl groups excluding tert-OH is 1. The summed E-state index contributed by atoms with van der Waals surface area (Å²) in [5.41, 5.74) is 1.49. The van der Waals surface area contributed by atoms with E-state index < -0.39 is 0 Å². The summed E-state index contributed by atoms with van der Waals surface area (Å²) in [7, 11) is 0. The van der Waals surface area contributed by atoms with Crippen molar-refractivity contribution in [2.24, 2.45) is 0 Å².